The van der Waals surface area contributed by atoms with Crippen LogP contribution in [0.5, 0.6) is 11.5 Å². The predicted octanol–water partition coefficient (Wildman–Crippen LogP) is 4.45. The molecule has 2 aromatic carbocycles. The second-order valence-corrected chi connectivity index (χ2v) is 7.51. The first-order chi connectivity index (χ1) is 13.5. The summed E-state index contributed by atoms with van der Waals surface area (Å²) in [5.41, 5.74) is 2.16. The van der Waals surface area contributed by atoms with E-state index in [1.165, 1.54) is 29.5 Å². The molecule has 0 fully saturated rings. The number of carbonyl (C=O) groups excluding carboxylic acids is 1. The highest BCUT2D eigenvalue weighted by Gasteiger charge is 2.13. The third kappa shape index (κ3) is 4.76. The number of aromatic nitrogens is 1. The summed E-state index contributed by atoms with van der Waals surface area (Å²) in [7, 11) is 0. The van der Waals surface area contributed by atoms with Gasteiger partial charge in [0.2, 0.25) is 0 Å². The maximum Gasteiger partial charge on any atom is 0.268 e. The van der Waals surface area contributed by atoms with Crippen LogP contribution < -0.4 is 5.32 Å². The first-order valence-corrected chi connectivity index (χ1v) is 9.76. The lowest BCUT2D eigenvalue weighted by atomic mass is 10.1. The van der Waals surface area contributed by atoms with Gasteiger partial charge in [-0.25, -0.2) is 4.98 Å². The summed E-state index contributed by atoms with van der Waals surface area (Å²) in [6, 6.07) is 14.4. The van der Waals surface area contributed by atoms with Crippen molar-refractivity contribution in [3.8, 4) is 17.6 Å². The van der Waals surface area contributed by atoms with E-state index in [1.54, 1.807) is 0 Å². The number of nitrogens with one attached hydrogen (secondary N) is 1. The molecule has 3 rings (SSSR count). The number of rotatable bonds is 5. The summed E-state index contributed by atoms with van der Waals surface area (Å²) in [6.07, 6.45) is 1.96. The molecule has 0 bridgehead atoms. The Morgan fingerprint density at radius 2 is 2.04 bits per heavy atom. The summed E-state index contributed by atoms with van der Waals surface area (Å²) in [5.74, 6) is -1.27. The van der Waals surface area contributed by atoms with Gasteiger partial charge in [-0.3, -0.25) is 10.1 Å². The molecule has 0 unspecified atom stereocenters. The van der Waals surface area contributed by atoms with Crippen LogP contribution in [0.2, 0.25) is 0 Å². The van der Waals surface area contributed by atoms with Crippen LogP contribution in [0.25, 0.3) is 6.08 Å². The van der Waals surface area contributed by atoms with Gasteiger partial charge in [-0.1, -0.05) is 30.3 Å². The molecule has 0 saturated heterocycles. The van der Waals surface area contributed by atoms with Gasteiger partial charge in [0.1, 0.15) is 11.6 Å². The Hall–Kier alpha value is -3.15. The average Bonchev–Trinajstić information content (AvgIpc) is 3.11. The molecule has 1 amide bonds. The zero-order valence-electron chi connectivity index (χ0n) is 14.4. The van der Waals surface area contributed by atoms with Gasteiger partial charge in [0.25, 0.3) is 5.91 Å². The van der Waals surface area contributed by atoms with Gasteiger partial charge in [0.05, 0.1) is 10.2 Å². The van der Waals surface area contributed by atoms with Gasteiger partial charge in [0.15, 0.2) is 16.6 Å². The zero-order chi connectivity index (χ0) is 20.1. The minimum Gasteiger partial charge on any atom is -0.504 e. The molecule has 0 spiro atoms. The molecule has 0 atom stereocenters. The molecular weight excluding hydrogens is 442 g/mol. The highest BCUT2D eigenvalue weighted by Crippen LogP contribution is 2.35. The Morgan fingerprint density at radius 1 is 1.29 bits per heavy atom. The van der Waals surface area contributed by atoms with Crippen molar-refractivity contribution in [2.75, 3.05) is 5.32 Å². The first kappa shape index (κ1) is 19.6. The Bertz CT molecular complexity index is 1060. The third-order valence-electron chi connectivity index (χ3n) is 3.74. The number of thiazole rings is 1. The van der Waals surface area contributed by atoms with Crippen molar-refractivity contribution in [1.82, 2.24) is 4.98 Å². The van der Waals surface area contributed by atoms with E-state index in [4.69, 9.17) is 0 Å². The Kier molecular flexibility index (Phi) is 6.09. The highest BCUT2D eigenvalue weighted by atomic mass is 79.9. The van der Waals surface area contributed by atoms with Crippen LogP contribution in [-0.2, 0) is 11.2 Å². The van der Waals surface area contributed by atoms with E-state index >= 15 is 0 Å². The van der Waals surface area contributed by atoms with E-state index in [2.05, 4.69) is 26.2 Å². The van der Waals surface area contributed by atoms with Gasteiger partial charge in [-0.15, -0.1) is 11.3 Å². The number of phenolic OH excluding ortho intramolecular Hbond substituents is 2. The molecule has 8 heteroatoms. The van der Waals surface area contributed by atoms with Crippen LogP contribution in [0.3, 0.4) is 0 Å². The van der Waals surface area contributed by atoms with Crippen molar-refractivity contribution in [1.29, 1.82) is 5.26 Å². The van der Waals surface area contributed by atoms with Gasteiger partial charge in [-0.2, -0.15) is 5.26 Å². The minimum absolute atomic E-state index is 0.156. The van der Waals surface area contributed by atoms with E-state index in [-0.39, 0.29) is 21.5 Å². The summed E-state index contributed by atoms with van der Waals surface area (Å²) in [5, 5.41) is 33.4. The number of benzene rings is 2. The molecule has 6 nitrogen and oxygen atoms in total. The van der Waals surface area contributed by atoms with Crippen molar-refractivity contribution in [2.24, 2.45) is 0 Å². The minimum atomic E-state index is -0.605. The predicted molar refractivity (Wildman–Crippen MR) is 111 cm³/mol. The fraction of sp³-hybridized carbons (Fsp3) is 0.0500. The zero-order valence-corrected chi connectivity index (χ0v) is 16.8. The summed E-state index contributed by atoms with van der Waals surface area (Å²) in [4.78, 5) is 16.8. The molecule has 0 radical (unpaired) electrons. The Balaban J connectivity index is 1.73. The lowest BCUT2D eigenvalue weighted by Gasteiger charge is -2.04. The van der Waals surface area contributed by atoms with Crippen molar-refractivity contribution >= 4 is 44.4 Å². The SMILES string of the molecule is N#C/C(=C\c1cc(O)c(O)c(Br)c1)C(=O)Nc1nc(Cc2ccccc2)cs1. The molecule has 3 N–H and O–H groups in total. The summed E-state index contributed by atoms with van der Waals surface area (Å²) in [6.45, 7) is 0. The quantitative estimate of drug-likeness (QED) is 0.299. The summed E-state index contributed by atoms with van der Waals surface area (Å²) < 4.78 is 0.252. The second-order valence-electron chi connectivity index (χ2n) is 5.80. The number of carbonyl (C=O) groups is 1. The molecule has 28 heavy (non-hydrogen) atoms. The maximum absolute atomic E-state index is 12.4. The van der Waals surface area contributed by atoms with Crippen LogP contribution >= 0.6 is 27.3 Å². The fourth-order valence-electron chi connectivity index (χ4n) is 2.42. The average molecular weight is 456 g/mol. The summed E-state index contributed by atoms with van der Waals surface area (Å²) >= 11 is 4.38. The third-order valence-corrected chi connectivity index (χ3v) is 5.15. The molecule has 140 valence electrons. The van der Waals surface area contributed by atoms with E-state index in [0.717, 1.165) is 11.3 Å². The molecule has 0 aliphatic rings. The Morgan fingerprint density at radius 3 is 2.71 bits per heavy atom. The highest BCUT2D eigenvalue weighted by molar-refractivity contribution is 9.10. The van der Waals surface area contributed by atoms with Gasteiger partial charge in [0, 0.05) is 11.8 Å². The van der Waals surface area contributed by atoms with E-state index in [9.17, 15) is 20.3 Å². The maximum atomic E-state index is 12.4. The lowest BCUT2D eigenvalue weighted by molar-refractivity contribution is -0.112. The standard InChI is InChI=1S/C20H14BrN3O3S/c21-16-8-13(9-17(25)18(16)26)6-14(10-22)19(27)24-20-23-15(11-28-20)7-12-4-2-1-3-5-12/h1-6,8-9,11,25-26H,7H2,(H,23,24,27)/b14-6+. The Labute approximate surface area is 173 Å². The number of nitrogens with zero attached hydrogens (tertiary/aromatic N) is 2. The number of hydrogen-bond acceptors (Lipinski definition) is 6. The normalized spacial score (nSPS) is 11.1. The van der Waals surface area contributed by atoms with Crippen molar-refractivity contribution < 1.29 is 15.0 Å². The van der Waals surface area contributed by atoms with Crippen molar-refractivity contribution in [2.45, 2.75) is 6.42 Å². The van der Waals surface area contributed by atoms with Gasteiger partial charge in [-0.05, 0) is 45.3 Å². The van der Waals surface area contributed by atoms with Crippen molar-refractivity contribution in [3.63, 3.8) is 0 Å². The van der Waals surface area contributed by atoms with Crippen molar-refractivity contribution in [3.05, 3.63) is 74.7 Å². The second kappa shape index (κ2) is 8.69. The number of phenols is 2. The van der Waals surface area contributed by atoms with Crippen LogP contribution in [0.15, 0.2) is 57.9 Å². The molecule has 0 saturated carbocycles. The molecule has 1 aromatic heterocycles. The number of hydrogen-bond donors (Lipinski definition) is 3. The molecule has 0 aliphatic heterocycles. The molecule has 3 aromatic rings. The smallest absolute Gasteiger partial charge is 0.268 e. The topological polar surface area (TPSA) is 106 Å². The molecule has 0 aliphatic carbocycles. The number of nitriles is 1. The van der Waals surface area contributed by atoms with Gasteiger partial charge < -0.3 is 10.2 Å². The van der Waals surface area contributed by atoms with E-state index in [1.807, 2.05) is 41.8 Å². The van der Waals surface area contributed by atoms with E-state index in [0.29, 0.717) is 17.1 Å². The number of anilines is 1. The van der Waals surface area contributed by atoms with Crippen LogP contribution in [0.4, 0.5) is 5.13 Å². The lowest BCUT2D eigenvalue weighted by Crippen LogP contribution is -2.13. The molecule has 1 heterocycles. The van der Waals surface area contributed by atoms with Gasteiger partial charge >= 0.3 is 0 Å². The van der Waals surface area contributed by atoms with Crippen LogP contribution in [0, 0.1) is 11.3 Å². The molecular formula is C20H14BrN3O3S. The van der Waals surface area contributed by atoms with Crippen LogP contribution in [0.1, 0.15) is 16.8 Å². The van der Waals surface area contributed by atoms with E-state index < -0.39 is 5.91 Å². The first-order valence-electron chi connectivity index (χ1n) is 8.09. The largest absolute Gasteiger partial charge is 0.504 e. The number of halogens is 1. The van der Waals surface area contributed by atoms with Crippen LogP contribution in [-0.4, -0.2) is 21.1 Å². The number of amides is 1. The fourth-order valence-corrected chi connectivity index (χ4v) is 3.59. The monoisotopic (exact) mass is 455 g/mol. The number of aromatic hydroxyl groups is 2.